The van der Waals surface area contributed by atoms with Crippen LogP contribution in [0, 0.1) is 17.8 Å². The molecule has 32 heavy (non-hydrogen) atoms. The smallest absolute Gasteiger partial charge is 0.326 e. The summed E-state index contributed by atoms with van der Waals surface area (Å²) in [6.45, 7) is 10.7. The Morgan fingerprint density at radius 1 is 0.719 bits per heavy atom. The minimum atomic E-state index is -1.52. The Morgan fingerprint density at radius 3 is 1.62 bits per heavy atom. The average molecular weight is 459 g/mol. The van der Waals surface area contributed by atoms with Crippen molar-refractivity contribution < 1.29 is 34.2 Å². The van der Waals surface area contributed by atoms with E-state index in [0.717, 1.165) is 0 Å². The fraction of sp³-hybridized carbons (Fsp3) is 0.762. The number of nitrogens with two attached hydrogens (primary N) is 1. The van der Waals surface area contributed by atoms with Gasteiger partial charge < -0.3 is 31.9 Å². The summed E-state index contributed by atoms with van der Waals surface area (Å²) in [7, 11) is 0. The van der Waals surface area contributed by atoms with Crippen molar-refractivity contribution in [2.45, 2.75) is 85.0 Å². The minimum absolute atomic E-state index is 0.0421. The van der Waals surface area contributed by atoms with E-state index in [0.29, 0.717) is 6.42 Å². The summed E-state index contributed by atoms with van der Waals surface area (Å²) in [5.41, 5.74) is 5.86. The predicted molar refractivity (Wildman–Crippen MR) is 117 cm³/mol. The third kappa shape index (κ3) is 11.1. The van der Waals surface area contributed by atoms with E-state index in [2.05, 4.69) is 16.0 Å². The average Bonchev–Trinajstić information content (AvgIpc) is 2.62. The van der Waals surface area contributed by atoms with Gasteiger partial charge in [0, 0.05) is 0 Å². The van der Waals surface area contributed by atoms with Crippen molar-refractivity contribution in [3.05, 3.63) is 0 Å². The fourth-order valence-corrected chi connectivity index (χ4v) is 3.02. The normalized spacial score (nSPS) is 15.1. The maximum Gasteiger partial charge on any atom is 0.326 e. The summed E-state index contributed by atoms with van der Waals surface area (Å²) in [5, 5.41) is 25.6. The third-order valence-electron chi connectivity index (χ3n) is 4.64. The Bertz CT molecular complexity index is 679. The molecule has 0 aromatic rings. The highest BCUT2D eigenvalue weighted by Crippen LogP contribution is 2.09. The Labute approximate surface area is 188 Å². The number of amides is 3. The number of carbonyl (C=O) groups excluding carboxylic acids is 3. The number of nitrogens with one attached hydrogen (secondary N) is 3. The molecule has 0 fully saturated rings. The first-order valence-electron chi connectivity index (χ1n) is 10.8. The molecule has 0 saturated heterocycles. The van der Waals surface area contributed by atoms with Crippen LogP contribution in [0.1, 0.15) is 60.8 Å². The van der Waals surface area contributed by atoms with Gasteiger partial charge >= 0.3 is 11.9 Å². The fourth-order valence-electron chi connectivity index (χ4n) is 3.02. The van der Waals surface area contributed by atoms with Gasteiger partial charge in [0.05, 0.1) is 12.5 Å². The monoisotopic (exact) mass is 458 g/mol. The molecule has 11 nitrogen and oxygen atoms in total. The van der Waals surface area contributed by atoms with Crippen molar-refractivity contribution >= 4 is 29.7 Å². The lowest BCUT2D eigenvalue weighted by Gasteiger charge is -2.27. The van der Waals surface area contributed by atoms with Crippen LogP contribution in [0.3, 0.4) is 0 Å². The zero-order valence-electron chi connectivity index (χ0n) is 19.7. The highest BCUT2D eigenvalue weighted by Gasteiger charge is 2.33. The van der Waals surface area contributed by atoms with E-state index in [1.165, 1.54) is 0 Å². The van der Waals surface area contributed by atoms with Crippen LogP contribution in [0.25, 0.3) is 0 Å². The van der Waals surface area contributed by atoms with Crippen LogP contribution in [0.4, 0.5) is 0 Å². The SMILES string of the molecule is CC(C)CC(N)C(=O)NC(C(=O)NC(CC(=O)O)C(=O)NC(CC(C)C)C(=O)O)C(C)C. The van der Waals surface area contributed by atoms with Gasteiger partial charge in [-0.05, 0) is 30.6 Å². The zero-order valence-corrected chi connectivity index (χ0v) is 19.7. The van der Waals surface area contributed by atoms with Gasteiger partial charge in [0.15, 0.2) is 0 Å². The highest BCUT2D eigenvalue weighted by atomic mass is 16.4. The van der Waals surface area contributed by atoms with Crippen molar-refractivity contribution in [1.82, 2.24) is 16.0 Å². The molecule has 0 aromatic carbocycles. The molecule has 11 heteroatoms. The van der Waals surface area contributed by atoms with Gasteiger partial charge in [0.25, 0.3) is 0 Å². The Kier molecular flexibility index (Phi) is 12.5. The van der Waals surface area contributed by atoms with Gasteiger partial charge in [-0.1, -0.05) is 41.5 Å². The van der Waals surface area contributed by atoms with Gasteiger partial charge in [-0.25, -0.2) is 4.79 Å². The lowest BCUT2D eigenvalue weighted by Crippen LogP contribution is -2.58. The molecule has 0 aliphatic carbocycles. The molecular formula is C21H38N4O7. The second-order valence-corrected chi connectivity index (χ2v) is 9.15. The molecule has 0 aliphatic rings. The van der Waals surface area contributed by atoms with Crippen molar-refractivity contribution in [2.75, 3.05) is 0 Å². The molecule has 7 N–H and O–H groups in total. The van der Waals surface area contributed by atoms with Crippen LogP contribution in [0.2, 0.25) is 0 Å². The largest absolute Gasteiger partial charge is 0.481 e. The van der Waals surface area contributed by atoms with Crippen LogP contribution < -0.4 is 21.7 Å². The molecule has 184 valence electrons. The first-order valence-corrected chi connectivity index (χ1v) is 10.8. The van der Waals surface area contributed by atoms with Crippen LogP contribution in [0.5, 0.6) is 0 Å². The molecule has 0 bridgehead atoms. The van der Waals surface area contributed by atoms with E-state index in [4.69, 9.17) is 10.8 Å². The van der Waals surface area contributed by atoms with Gasteiger partial charge in [-0.2, -0.15) is 0 Å². The molecule has 3 amide bonds. The summed E-state index contributed by atoms with van der Waals surface area (Å²) >= 11 is 0. The summed E-state index contributed by atoms with van der Waals surface area (Å²) in [5.74, 6) is -5.11. The topological polar surface area (TPSA) is 188 Å². The van der Waals surface area contributed by atoms with E-state index in [-0.39, 0.29) is 24.2 Å². The quantitative estimate of drug-likeness (QED) is 0.211. The van der Waals surface area contributed by atoms with Crippen LogP contribution >= 0.6 is 0 Å². The maximum atomic E-state index is 12.8. The lowest BCUT2D eigenvalue weighted by molar-refractivity contribution is -0.144. The molecule has 0 spiro atoms. The lowest BCUT2D eigenvalue weighted by atomic mass is 9.99. The van der Waals surface area contributed by atoms with E-state index in [1.54, 1.807) is 27.7 Å². The zero-order chi connectivity index (χ0) is 25.2. The first-order chi connectivity index (χ1) is 14.6. The Balaban J connectivity index is 5.45. The van der Waals surface area contributed by atoms with Gasteiger partial charge in [0.2, 0.25) is 17.7 Å². The molecule has 4 atom stereocenters. The van der Waals surface area contributed by atoms with Gasteiger partial charge in [-0.15, -0.1) is 0 Å². The standard InChI is InChI=1S/C21H38N4O7/c1-10(2)7-13(22)18(28)25-17(12(5)6)20(30)23-14(9-16(26)27)19(29)24-15(21(31)32)8-11(3)4/h10-15,17H,7-9,22H2,1-6H3,(H,23,30)(H,24,29)(H,25,28)(H,26,27)(H,31,32). The van der Waals surface area contributed by atoms with Crippen molar-refractivity contribution in [3.8, 4) is 0 Å². The number of carbonyl (C=O) groups is 5. The van der Waals surface area contributed by atoms with E-state index in [9.17, 15) is 29.1 Å². The number of hydrogen-bond donors (Lipinski definition) is 6. The molecule has 4 unspecified atom stereocenters. The summed E-state index contributed by atoms with van der Waals surface area (Å²) in [6.07, 6.45) is -0.209. The van der Waals surface area contributed by atoms with Crippen LogP contribution in [-0.2, 0) is 24.0 Å². The molecule has 0 aliphatic heterocycles. The van der Waals surface area contributed by atoms with Crippen molar-refractivity contribution in [1.29, 1.82) is 0 Å². The summed E-state index contributed by atoms with van der Waals surface area (Å²) in [4.78, 5) is 60.4. The highest BCUT2D eigenvalue weighted by molar-refractivity contribution is 5.95. The van der Waals surface area contributed by atoms with Crippen molar-refractivity contribution in [2.24, 2.45) is 23.5 Å². The third-order valence-corrected chi connectivity index (χ3v) is 4.64. The Morgan fingerprint density at radius 2 is 1.22 bits per heavy atom. The van der Waals surface area contributed by atoms with E-state index >= 15 is 0 Å². The van der Waals surface area contributed by atoms with Gasteiger partial charge in [-0.3, -0.25) is 19.2 Å². The number of carboxylic acid groups (broad SMARTS) is 2. The number of carboxylic acids is 2. The molecule has 0 saturated carbocycles. The second kappa shape index (κ2) is 13.7. The number of hydrogen-bond acceptors (Lipinski definition) is 6. The van der Waals surface area contributed by atoms with Crippen LogP contribution in [-0.4, -0.2) is 64.0 Å². The second-order valence-electron chi connectivity index (χ2n) is 9.15. The summed E-state index contributed by atoms with van der Waals surface area (Å²) in [6, 6.07) is -4.63. The Hall–Kier alpha value is -2.69. The van der Waals surface area contributed by atoms with E-state index < -0.39 is 60.2 Å². The summed E-state index contributed by atoms with van der Waals surface area (Å²) < 4.78 is 0. The number of aliphatic carboxylic acids is 2. The molecule has 0 radical (unpaired) electrons. The van der Waals surface area contributed by atoms with Crippen molar-refractivity contribution in [3.63, 3.8) is 0 Å². The molecule has 0 aromatic heterocycles. The predicted octanol–water partition coefficient (Wildman–Crippen LogP) is 0.0756. The molecule has 0 heterocycles. The molecule has 0 rings (SSSR count). The number of rotatable bonds is 14. The van der Waals surface area contributed by atoms with E-state index in [1.807, 2.05) is 13.8 Å². The molecular weight excluding hydrogens is 420 g/mol. The van der Waals surface area contributed by atoms with Crippen LogP contribution in [0.15, 0.2) is 0 Å². The maximum absolute atomic E-state index is 12.8. The first kappa shape index (κ1) is 29.3. The van der Waals surface area contributed by atoms with Gasteiger partial charge in [0.1, 0.15) is 18.1 Å². The minimum Gasteiger partial charge on any atom is -0.481 e.